The van der Waals surface area contributed by atoms with Gasteiger partial charge in [0.2, 0.25) is 0 Å². The first-order chi connectivity index (χ1) is 8.43. The van der Waals surface area contributed by atoms with Crippen LogP contribution in [0, 0.1) is 3.57 Å². The van der Waals surface area contributed by atoms with Crippen molar-refractivity contribution in [2.24, 2.45) is 0 Å². The van der Waals surface area contributed by atoms with Crippen LogP contribution in [0.25, 0.3) is 0 Å². The summed E-state index contributed by atoms with van der Waals surface area (Å²) in [5.74, 6) is -3.40. The minimum Gasteiger partial charge on any atom is -0.476 e. The number of halogens is 7. The predicted molar refractivity (Wildman–Crippen MR) is 55.6 cm³/mol. The maximum atomic E-state index is 12.7. The fourth-order valence-corrected chi connectivity index (χ4v) is 2.03. The predicted octanol–water partition coefficient (Wildman–Crippen LogP) is 3.30. The molecule has 1 aromatic heterocycles. The Morgan fingerprint density at radius 1 is 1.26 bits per heavy atom. The van der Waals surface area contributed by atoms with Gasteiger partial charge in [-0.1, -0.05) is 0 Å². The maximum Gasteiger partial charge on any atom is 0.573 e. The van der Waals surface area contributed by atoms with E-state index in [2.05, 4.69) is 9.72 Å². The number of rotatable bonds is 2. The fraction of sp³-hybridized carbons (Fsp3) is 0.250. The molecule has 1 aromatic rings. The van der Waals surface area contributed by atoms with Gasteiger partial charge in [-0.15, -0.1) is 13.2 Å². The second-order valence-electron chi connectivity index (χ2n) is 3.01. The van der Waals surface area contributed by atoms with Gasteiger partial charge >= 0.3 is 18.5 Å². The lowest BCUT2D eigenvalue weighted by atomic mass is 10.2. The Bertz CT molecular complexity index is 512. The van der Waals surface area contributed by atoms with Crippen molar-refractivity contribution >= 4 is 28.6 Å². The van der Waals surface area contributed by atoms with E-state index in [-0.39, 0.29) is 6.20 Å². The molecule has 11 heteroatoms. The van der Waals surface area contributed by atoms with Crippen LogP contribution in [0.15, 0.2) is 6.20 Å². The van der Waals surface area contributed by atoms with Crippen LogP contribution >= 0.6 is 22.6 Å². The van der Waals surface area contributed by atoms with Crippen molar-refractivity contribution < 1.29 is 41.0 Å². The van der Waals surface area contributed by atoms with Gasteiger partial charge in [0.1, 0.15) is 5.56 Å². The molecule has 4 nitrogen and oxygen atoms in total. The number of pyridine rings is 1. The van der Waals surface area contributed by atoms with Gasteiger partial charge in [0, 0.05) is 0 Å². The molecule has 0 aromatic carbocycles. The van der Waals surface area contributed by atoms with E-state index in [1.54, 1.807) is 0 Å². The number of hydrogen-bond acceptors (Lipinski definition) is 3. The van der Waals surface area contributed by atoms with Crippen LogP contribution < -0.4 is 4.74 Å². The topological polar surface area (TPSA) is 59.4 Å². The van der Waals surface area contributed by atoms with Crippen LogP contribution in [0.5, 0.6) is 5.75 Å². The second-order valence-corrected chi connectivity index (χ2v) is 4.09. The molecule has 0 aliphatic rings. The lowest BCUT2D eigenvalue weighted by molar-refractivity contribution is -0.276. The van der Waals surface area contributed by atoms with Gasteiger partial charge < -0.3 is 9.84 Å². The molecule has 0 spiro atoms. The molecule has 0 unspecified atom stereocenters. The van der Waals surface area contributed by atoms with Gasteiger partial charge in [0.15, 0.2) is 11.4 Å². The Morgan fingerprint density at radius 2 is 1.79 bits per heavy atom. The molecular formula is C8H2F6INO3. The summed E-state index contributed by atoms with van der Waals surface area (Å²) in [7, 11) is 0. The summed E-state index contributed by atoms with van der Waals surface area (Å²) in [6, 6.07) is 0. The highest BCUT2D eigenvalue weighted by atomic mass is 127. The van der Waals surface area contributed by atoms with E-state index in [9.17, 15) is 31.1 Å². The normalized spacial score (nSPS) is 12.4. The van der Waals surface area contributed by atoms with Gasteiger partial charge in [0.05, 0.1) is 9.77 Å². The first-order valence-corrected chi connectivity index (χ1v) is 5.26. The van der Waals surface area contributed by atoms with E-state index >= 15 is 0 Å². The van der Waals surface area contributed by atoms with Crippen molar-refractivity contribution in [3.8, 4) is 5.75 Å². The summed E-state index contributed by atoms with van der Waals surface area (Å²) in [5.41, 5.74) is -2.85. The third-order valence-corrected chi connectivity index (χ3v) is 2.75. The fourth-order valence-electron chi connectivity index (χ4n) is 1.09. The molecule has 0 saturated heterocycles. The number of aromatic nitrogens is 1. The van der Waals surface area contributed by atoms with Crippen molar-refractivity contribution in [2.75, 3.05) is 0 Å². The monoisotopic (exact) mass is 401 g/mol. The maximum absolute atomic E-state index is 12.7. The largest absolute Gasteiger partial charge is 0.573 e. The first-order valence-electron chi connectivity index (χ1n) is 4.18. The Morgan fingerprint density at radius 3 is 2.16 bits per heavy atom. The number of ether oxygens (including phenoxy) is 1. The van der Waals surface area contributed by atoms with Crippen molar-refractivity contribution in [3.05, 3.63) is 21.0 Å². The molecule has 1 N–H and O–H groups in total. The van der Waals surface area contributed by atoms with Gasteiger partial charge in [-0.25, -0.2) is 9.78 Å². The van der Waals surface area contributed by atoms with Crippen molar-refractivity contribution in [3.63, 3.8) is 0 Å². The van der Waals surface area contributed by atoms with Crippen LogP contribution in [0.4, 0.5) is 26.3 Å². The first kappa shape index (κ1) is 15.8. The summed E-state index contributed by atoms with van der Waals surface area (Å²) in [6.07, 6.45) is -10.5. The van der Waals surface area contributed by atoms with Crippen molar-refractivity contribution in [2.45, 2.75) is 12.5 Å². The highest BCUT2D eigenvalue weighted by Crippen LogP contribution is 2.41. The summed E-state index contributed by atoms with van der Waals surface area (Å²) in [6.45, 7) is 0. The number of carboxylic acids is 1. The zero-order valence-electron chi connectivity index (χ0n) is 8.43. The van der Waals surface area contributed by atoms with Gasteiger partial charge in [-0.2, -0.15) is 13.2 Å². The number of hydrogen-bond donors (Lipinski definition) is 1. The zero-order valence-corrected chi connectivity index (χ0v) is 10.6. The van der Waals surface area contributed by atoms with Crippen LogP contribution in [0.3, 0.4) is 0 Å². The molecule has 0 amide bonds. The van der Waals surface area contributed by atoms with Gasteiger partial charge in [0.25, 0.3) is 0 Å². The van der Waals surface area contributed by atoms with E-state index < -0.39 is 39.1 Å². The third-order valence-electron chi connectivity index (χ3n) is 1.70. The smallest absolute Gasteiger partial charge is 0.476 e. The second kappa shape index (κ2) is 5.02. The molecule has 0 bridgehead atoms. The molecule has 0 aliphatic heterocycles. The molecular weight excluding hydrogens is 399 g/mol. The van der Waals surface area contributed by atoms with E-state index in [0.717, 1.165) is 22.6 Å². The van der Waals surface area contributed by atoms with Gasteiger partial charge in [-0.05, 0) is 22.6 Å². The van der Waals surface area contributed by atoms with E-state index in [0.29, 0.717) is 0 Å². The highest BCUT2D eigenvalue weighted by Gasteiger charge is 2.42. The molecule has 1 heterocycles. The molecule has 19 heavy (non-hydrogen) atoms. The summed E-state index contributed by atoms with van der Waals surface area (Å²) in [4.78, 5) is 13.6. The van der Waals surface area contributed by atoms with Crippen LogP contribution in [0.2, 0.25) is 0 Å². The molecule has 0 aliphatic carbocycles. The Balaban J connectivity index is 3.50. The lowest BCUT2D eigenvalue weighted by Gasteiger charge is -2.17. The van der Waals surface area contributed by atoms with E-state index in [4.69, 9.17) is 5.11 Å². The zero-order chi connectivity index (χ0) is 15.0. The standard InChI is InChI=1S/C8H2F6INO3/c9-7(10,11)3-2(19-8(12,13)14)1-16-5(4(3)15)6(17)18/h1H,(H,17,18). The van der Waals surface area contributed by atoms with Crippen LogP contribution in [-0.2, 0) is 6.18 Å². The van der Waals surface area contributed by atoms with E-state index in [1.165, 1.54) is 0 Å². The minimum absolute atomic E-state index is 0.0714. The Kier molecular flexibility index (Phi) is 4.17. The number of alkyl halides is 6. The number of carbonyl (C=O) groups is 1. The lowest BCUT2D eigenvalue weighted by Crippen LogP contribution is -2.22. The number of nitrogens with zero attached hydrogens (tertiary/aromatic N) is 1. The molecule has 1 rings (SSSR count). The number of aromatic carboxylic acids is 1. The molecule has 0 saturated carbocycles. The minimum atomic E-state index is -5.35. The quantitative estimate of drug-likeness (QED) is 0.611. The third kappa shape index (κ3) is 3.84. The summed E-state index contributed by atoms with van der Waals surface area (Å²) >= 11 is 0.948. The molecule has 106 valence electrons. The number of carboxylic acid groups (broad SMARTS) is 1. The average Bonchev–Trinajstić information content (AvgIpc) is 2.11. The summed E-state index contributed by atoms with van der Waals surface area (Å²) in [5, 5.41) is 8.58. The molecule has 0 atom stereocenters. The van der Waals surface area contributed by atoms with Crippen molar-refractivity contribution in [1.29, 1.82) is 0 Å². The van der Waals surface area contributed by atoms with Crippen LogP contribution in [-0.4, -0.2) is 22.4 Å². The van der Waals surface area contributed by atoms with Gasteiger partial charge in [-0.3, -0.25) is 0 Å². The SMILES string of the molecule is O=C(O)c1ncc(OC(F)(F)F)c(C(F)(F)F)c1I. The average molecular weight is 401 g/mol. The summed E-state index contributed by atoms with van der Waals surface area (Å²) < 4.78 is 76.1. The van der Waals surface area contributed by atoms with Crippen molar-refractivity contribution in [1.82, 2.24) is 4.98 Å². The Hall–Kier alpha value is -1.27. The van der Waals surface area contributed by atoms with Crippen LogP contribution in [0.1, 0.15) is 16.1 Å². The molecule has 0 radical (unpaired) electrons. The highest BCUT2D eigenvalue weighted by molar-refractivity contribution is 14.1. The Labute approximate surface area is 114 Å². The van der Waals surface area contributed by atoms with E-state index in [1.807, 2.05) is 0 Å². The molecule has 0 fully saturated rings.